The third-order valence-corrected chi connectivity index (χ3v) is 5.56. The average molecular weight is 409 g/mol. The van der Waals surface area contributed by atoms with Gasteiger partial charge in [-0.15, -0.1) is 0 Å². The van der Waals surface area contributed by atoms with E-state index in [2.05, 4.69) is 5.32 Å². The molecule has 2 aromatic carbocycles. The first kappa shape index (κ1) is 19.2. The molecule has 0 aromatic heterocycles. The van der Waals surface area contributed by atoms with E-state index < -0.39 is 28.5 Å². The number of rotatable bonds is 5. The van der Waals surface area contributed by atoms with Crippen LogP contribution in [0, 0.1) is 0 Å². The molecule has 7 nitrogen and oxygen atoms in total. The predicted octanol–water partition coefficient (Wildman–Crippen LogP) is 2.46. The van der Waals surface area contributed by atoms with Gasteiger partial charge in [0.1, 0.15) is 0 Å². The van der Waals surface area contributed by atoms with E-state index in [4.69, 9.17) is 16.3 Å². The second-order valence-corrected chi connectivity index (χ2v) is 8.35. The lowest BCUT2D eigenvalue weighted by Crippen LogP contribution is -2.27. The first-order valence-corrected chi connectivity index (χ1v) is 10.3. The summed E-state index contributed by atoms with van der Waals surface area (Å²) in [5.41, 5.74) is 1.99. The van der Waals surface area contributed by atoms with E-state index in [0.717, 1.165) is 11.8 Å². The SMILES string of the molecule is CS(=O)(=O)N1CCc2cc(C(=O)OCC(=O)Nc3ccccc3Cl)ccc21. The molecule has 0 fully saturated rings. The Balaban J connectivity index is 1.62. The van der Waals surface area contributed by atoms with Crippen molar-refractivity contribution in [2.24, 2.45) is 0 Å². The van der Waals surface area contributed by atoms with Crippen molar-refractivity contribution >= 4 is 44.9 Å². The monoisotopic (exact) mass is 408 g/mol. The van der Waals surface area contributed by atoms with Gasteiger partial charge in [0.05, 0.1) is 28.2 Å². The number of hydrogen-bond acceptors (Lipinski definition) is 5. The summed E-state index contributed by atoms with van der Waals surface area (Å²) in [6.45, 7) is -0.122. The first-order valence-electron chi connectivity index (χ1n) is 8.08. The maximum absolute atomic E-state index is 12.2. The number of halogens is 1. The highest BCUT2D eigenvalue weighted by Gasteiger charge is 2.27. The number of benzene rings is 2. The number of amides is 1. The molecule has 0 saturated carbocycles. The van der Waals surface area contributed by atoms with Gasteiger partial charge >= 0.3 is 5.97 Å². The Morgan fingerprint density at radius 1 is 1.22 bits per heavy atom. The van der Waals surface area contributed by atoms with E-state index in [1.807, 2.05) is 0 Å². The fourth-order valence-corrected chi connectivity index (χ4v) is 3.95. The van der Waals surface area contributed by atoms with Crippen LogP contribution in [0.1, 0.15) is 15.9 Å². The summed E-state index contributed by atoms with van der Waals surface area (Å²) >= 11 is 5.96. The van der Waals surface area contributed by atoms with Gasteiger partial charge in [-0.25, -0.2) is 13.2 Å². The number of anilines is 2. The zero-order valence-corrected chi connectivity index (χ0v) is 16.0. The molecule has 0 aliphatic carbocycles. The summed E-state index contributed by atoms with van der Waals surface area (Å²) in [6, 6.07) is 11.4. The molecule has 0 bridgehead atoms. The van der Waals surface area contributed by atoms with Crippen LogP contribution in [0.5, 0.6) is 0 Å². The van der Waals surface area contributed by atoms with Gasteiger partial charge in [0.15, 0.2) is 6.61 Å². The quantitative estimate of drug-likeness (QED) is 0.767. The fourth-order valence-electron chi connectivity index (χ4n) is 2.81. The van der Waals surface area contributed by atoms with Gasteiger partial charge in [-0.3, -0.25) is 9.10 Å². The molecule has 0 saturated heterocycles. The van der Waals surface area contributed by atoms with E-state index in [9.17, 15) is 18.0 Å². The number of para-hydroxylation sites is 1. The Bertz CT molecular complexity index is 1010. The normalized spacial score (nSPS) is 13.2. The first-order chi connectivity index (χ1) is 12.8. The summed E-state index contributed by atoms with van der Waals surface area (Å²) in [7, 11) is -3.35. The van der Waals surface area contributed by atoms with E-state index in [1.165, 1.54) is 10.4 Å². The smallest absolute Gasteiger partial charge is 0.338 e. The topological polar surface area (TPSA) is 92.8 Å². The molecule has 3 rings (SSSR count). The lowest BCUT2D eigenvalue weighted by molar-refractivity contribution is -0.119. The highest BCUT2D eigenvalue weighted by atomic mass is 35.5. The number of sulfonamides is 1. The lowest BCUT2D eigenvalue weighted by atomic mass is 10.1. The molecule has 1 amide bonds. The Morgan fingerprint density at radius 3 is 2.67 bits per heavy atom. The molecule has 9 heteroatoms. The zero-order valence-electron chi connectivity index (χ0n) is 14.4. The van der Waals surface area contributed by atoms with Crippen molar-refractivity contribution < 1.29 is 22.7 Å². The molecule has 1 N–H and O–H groups in total. The number of nitrogens with one attached hydrogen (secondary N) is 1. The minimum absolute atomic E-state index is 0.259. The third kappa shape index (κ3) is 4.40. The zero-order chi connectivity index (χ0) is 19.6. The lowest BCUT2D eigenvalue weighted by Gasteiger charge is -2.16. The van der Waals surface area contributed by atoms with E-state index in [-0.39, 0.29) is 5.56 Å². The summed E-state index contributed by atoms with van der Waals surface area (Å²) in [5.74, 6) is -1.18. The number of ether oxygens (including phenoxy) is 1. The third-order valence-electron chi connectivity index (χ3n) is 4.05. The van der Waals surface area contributed by atoms with Crippen LogP contribution in [0.25, 0.3) is 0 Å². The van der Waals surface area contributed by atoms with Gasteiger partial charge in [0.25, 0.3) is 5.91 Å². The number of nitrogens with zero attached hydrogens (tertiary/aromatic N) is 1. The highest BCUT2D eigenvalue weighted by molar-refractivity contribution is 7.92. The van der Waals surface area contributed by atoms with Gasteiger partial charge in [-0.2, -0.15) is 0 Å². The number of carbonyl (C=O) groups is 2. The van der Waals surface area contributed by atoms with Gasteiger partial charge < -0.3 is 10.1 Å². The predicted molar refractivity (Wildman–Crippen MR) is 103 cm³/mol. The summed E-state index contributed by atoms with van der Waals surface area (Å²) < 4.78 is 29.8. The Morgan fingerprint density at radius 2 is 1.96 bits per heavy atom. The summed E-state index contributed by atoms with van der Waals surface area (Å²) in [5, 5.41) is 2.94. The van der Waals surface area contributed by atoms with Crippen LogP contribution in [0.3, 0.4) is 0 Å². The van der Waals surface area contributed by atoms with E-state index in [1.54, 1.807) is 36.4 Å². The standard InChI is InChI=1S/C18H17ClN2O5S/c1-27(24,25)21-9-8-12-10-13(6-7-16(12)21)18(23)26-11-17(22)20-15-5-3-2-4-14(15)19/h2-7,10H,8-9,11H2,1H3,(H,20,22). The maximum atomic E-state index is 12.2. The van der Waals surface area contributed by atoms with Crippen molar-refractivity contribution in [3.05, 3.63) is 58.6 Å². The minimum atomic E-state index is -3.35. The van der Waals surface area contributed by atoms with Crippen LogP contribution in [-0.2, 0) is 26.0 Å². The second kappa shape index (κ2) is 7.58. The minimum Gasteiger partial charge on any atom is -0.452 e. The van der Waals surface area contributed by atoms with Crippen molar-refractivity contribution in [3.8, 4) is 0 Å². The van der Waals surface area contributed by atoms with Crippen molar-refractivity contribution in [1.29, 1.82) is 0 Å². The van der Waals surface area contributed by atoms with E-state index in [0.29, 0.717) is 29.4 Å². The van der Waals surface area contributed by atoms with E-state index >= 15 is 0 Å². The van der Waals surface area contributed by atoms with Crippen LogP contribution < -0.4 is 9.62 Å². The number of fused-ring (bicyclic) bond motifs is 1. The molecule has 0 radical (unpaired) electrons. The average Bonchev–Trinajstić information content (AvgIpc) is 3.05. The van der Waals surface area contributed by atoms with Crippen LogP contribution in [-0.4, -0.2) is 39.7 Å². The molecule has 2 aromatic rings. The van der Waals surface area contributed by atoms with Gasteiger partial charge in [-0.05, 0) is 42.3 Å². The second-order valence-electron chi connectivity index (χ2n) is 6.03. The number of carbonyl (C=O) groups excluding carboxylic acids is 2. The van der Waals surface area contributed by atoms with Crippen molar-refractivity contribution in [1.82, 2.24) is 0 Å². The van der Waals surface area contributed by atoms with Crippen molar-refractivity contribution in [2.45, 2.75) is 6.42 Å². The molecule has 1 aliphatic rings. The summed E-state index contributed by atoms with van der Waals surface area (Å²) in [6.07, 6.45) is 1.65. The van der Waals surface area contributed by atoms with Gasteiger partial charge in [0.2, 0.25) is 10.0 Å². The summed E-state index contributed by atoms with van der Waals surface area (Å²) in [4.78, 5) is 24.1. The number of esters is 1. The van der Waals surface area contributed by atoms with Crippen LogP contribution in [0.15, 0.2) is 42.5 Å². The largest absolute Gasteiger partial charge is 0.452 e. The van der Waals surface area contributed by atoms with Gasteiger partial charge in [0, 0.05) is 6.54 Å². The number of hydrogen-bond donors (Lipinski definition) is 1. The van der Waals surface area contributed by atoms with Crippen LogP contribution in [0.2, 0.25) is 5.02 Å². The molecule has 0 atom stereocenters. The van der Waals surface area contributed by atoms with Crippen LogP contribution in [0.4, 0.5) is 11.4 Å². The molecule has 0 spiro atoms. The van der Waals surface area contributed by atoms with Crippen LogP contribution >= 0.6 is 11.6 Å². The maximum Gasteiger partial charge on any atom is 0.338 e. The Labute approximate surface area is 161 Å². The van der Waals surface area contributed by atoms with Gasteiger partial charge in [-0.1, -0.05) is 23.7 Å². The molecular weight excluding hydrogens is 392 g/mol. The molecule has 142 valence electrons. The highest BCUT2D eigenvalue weighted by Crippen LogP contribution is 2.30. The molecule has 27 heavy (non-hydrogen) atoms. The molecule has 1 heterocycles. The van der Waals surface area contributed by atoms with Crippen molar-refractivity contribution in [3.63, 3.8) is 0 Å². The Kier molecular flexibility index (Phi) is 5.38. The Hall–Kier alpha value is -2.58. The molecule has 0 unspecified atom stereocenters. The van der Waals surface area contributed by atoms with Crippen molar-refractivity contribution in [2.75, 3.05) is 29.0 Å². The molecular formula is C18H17ClN2O5S. The fraction of sp³-hybridized carbons (Fsp3) is 0.222. The molecule has 1 aliphatic heterocycles.